The largest absolute Gasteiger partial charge is 0.490 e. The Bertz CT molecular complexity index is 1350. The van der Waals surface area contributed by atoms with Gasteiger partial charge in [-0.2, -0.15) is 10.2 Å². The average molecular weight is 529 g/mol. The number of hydrogen-bond acceptors (Lipinski definition) is 5. The van der Waals surface area contributed by atoms with Crippen LogP contribution in [0.4, 0.5) is 10.5 Å². The van der Waals surface area contributed by atoms with Gasteiger partial charge in [0.25, 0.3) is 0 Å². The highest BCUT2D eigenvalue weighted by atomic mass is 35.5. The van der Waals surface area contributed by atoms with Crippen LogP contribution in [0.2, 0.25) is 5.02 Å². The Morgan fingerprint density at radius 2 is 1.94 bits per heavy atom. The molecule has 1 aromatic heterocycles. The van der Waals surface area contributed by atoms with E-state index in [1.807, 2.05) is 57.2 Å². The number of fused-ring (bicyclic) bond motifs is 3. The minimum absolute atomic E-state index is 0.139. The number of aromatic amines is 1. The van der Waals surface area contributed by atoms with E-state index in [4.69, 9.17) is 32.7 Å². The lowest BCUT2D eigenvalue weighted by Crippen LogP contribution is -2.39. The molecule has 0 atom stereocenters. The maximum atomic E-state index is 13.1. The molecule has 9 heteroatoms. The Morgan fingerprint density at radius 3 is 2.67 bits per heavy atom. The quantitative estimate of drug-likeness (QED) is 0.527. The number of carbonyl (C=O) groups is 1. The van der Waals surface area contributed by atoms with Crippen molar-refractivity contribution < 1.29 is 14.3 Å². The molecule has 1 N–H and O–H groups in total. The van der Waals surface area contributed by atoms with E-state index in [0.717, 1.165) is 59.1 Å². The summed E-state index contributed by atoms with van der Waals surface area (Å²) < 4.78 is 11.9. The summed E-state index contributed by atoms with van der Waals surface area (Å²) >= 11 is 12.5. The molecule has 7 nitrogen and oxygen atoms in total. The van der Waals surface area contributed by atoms with Crippen LogP contribution in [0.3, 0.4) is 0 Å². The number of nitrogens with one attached hydrogen (secondary N) is 1. The highest BCUT2D eigenvalue weighted by Crippen LogP contribution is 2.35. The van der Waals surface area contributed by atoms with Gasteiger partial charge in [0.2, 0.25) is 0 Å². The Labute approximate surface area is 220 Å². The van der Waals surface area contributed by atoms with Crippen LogP contribution in [0, 0.1) is 5.92 Å². The van der Waals surface area contributed by atoms with Crippen LogP contribution in [0.15, 0.2) is 45.6 Å². The molecular formula is C27H30Cl2N4O3. The van der Waals surface area contributed by atoms with Gasteiger partial charge in [-0.15, -0.1) is 0 Å². The molecule has 2 aromatic rings. The molecule has 1 amide bonds. The predicted octanol–water partition coefficient (Wildman–Crippen LogP) is 6.04. The van der Waals surface area contributed by atoms with Gasteiger partial charge in [-0.05, 0) is 76.8 Å². The lowest BCUT2D eigenvalue weighted by atomic mass is 9.84. The van der Waals surface area contributed by atoms with Gasteiger partial charge in [0.15, 0.2) is 0 Å². The second-order valence-corrected chi connectivity index (χ2v) is 11.3. The first-order valence-corrected chi connectivity index (χ1v) is 13.1. The molecule has 0 unspecified atom stereocenters. The fourth-order valence-corrected chi connectivity index (χ4v) is 5.35. The Balaban J connectivity index is 1.43. The molecule has 1 aliphatic carbocycles. The van der Waals surface area contributed by atoms with Gasteiger partial charge in [0, 0.05) is 28.1 Å². The van der Waals surface area contributed by atoms with Crippen LogP contribution in [0.5, 0.6) is 5.75 Å². The third-order valence-electron chi connectivity index (χ3n) is 6.56. The smallest absolute Gasteiger partial charge is 0.415 e. The van der Waals surface area contributed by atoms with Crippen molar-refractivity contribution in [3.63, 3.8) is 0 Å². The summed E-state index contributed by atoms with van der Waals surface area (Å²) in [6.45, 7) is 6.29. The number of rotatable bonds is 3. The predicted molar refractivity (Wildman–Crippen MR) is 142 cm³/mol. The van der Waals surface area contributed by atoms with E-state index in [0.29, 0.717) is 23.1 Å². The number of hydrogen-bond donors (Lipinski definition) is 1. The Kier molecular flexibility index (Phi) is 6.88. The monoisotopic (exact) mass is 528 g/mol. The van der Waals surface area contributed by atoms with Gasteiger partial charge in [0.05, 0.1) is 34.7 Å². The lowest BCUT2D eigenvalue weighted by Gasteiger charge is -2.29. The first-order valence-electron chi connectivity index (χ1n) is 12.3. The number of carbonyl (C=O) groups excluding carboxylic acids is 1. The number of ether oxygens (including phenoxy) is 2. The molecule has 36 heavy (non-hydrogen) atoms. The SMILES string of the molecule is CC(C)(C)OC(=O)N1CC=C(Cl)C=c2[nH]c3c(c21)CN=NC=3[C@H]1CC[C@H](Oc2cccc(Cl)c2)CC1. The van der Waals surface area contributed by atoms with Crippen LogP contribution in [0.25, 0.3) is 11.8 Å². The van der Waals surface area contributed by atoms with Crippen molar-refractivity contribution in [3.05, 3.63) is 56.7 Å². The maximum Gasteiger partial charge on any atom is 0.415 e. The molecule has 3 heterocycles. The zero-order chi connectivity index (χ0) is 25.4. The minimum atomic E-state index is -0.611. The Hall–Kier alpha value is -2.77. The number of nitrogens with zero attached hydrogens (tertiary/aromatic N) is 3. The fraction of sp³-hybridized carbons (Fsp3) is 0.444. The second kappa shape index (κ2) is 9.94. The number of benzene rings is 1. The van der Waals surface area contributed by atoms with Crippen molar-refractivity contribution in [2.24, 2.45) is 16.1 Å². The van der Waals surface area contributed by atoms with Crippen LogP contribution in [-0.4, -0.2) is 29.3 Å². The number of azo groups is 1. The highest BCUT2D eigenvalue weighted by Gasteiger charge is 2.32. The lowest BCUT2D eigenvalue weighted by molar-refractivity contribution is 0.0584. The van der Waals surface area contributed by atoms with Crippen molar-refractivity contribution in [3.8, 4) is 5.75 Å². The average Bonchev–Trinajstić information content (AvgIpc) is 3.07. The van der Waals surface area contributed by atoms with Crippen molar-refractivity contribution in [2.45, 2.75) is 64.7 Å². The van der Waals surface area contributed by atoms with Crippen LogP contribution >= 0.6 is 23.2 Å². The van der Waals surface area contributed by atoms with Crippen molar-refractivity contribution in [1.29, 1.82) is 0 Å². The first kappa shape index (κ1) is 24.9. The van der Waals surface area contributed by atoms with E-state index in [-0.39, 0.29) is 12.0 Å². The Morgan fingerprint density at radius 1 is 1.17 bits per heavy atom. The zero-order valence-corrected chi connectivity index (χ0v) is 22.2. The summed E-state index contributed by atoms with van der Waals surface area (Å²) in [6.07, 6.45) is 7.08. The fourth-order valence-electron chi connectivity index (χ4n) is 4.99. The summed E-state index contributed by atoms with van der Waals surface area (Å²) in [5.41, 5.74) is 2.04. The van der Waals surface area contributed by atoms with E-state index in [1.165, 1.54) is 0 Å². The second-order valence-electron chi connectivity index (χ2n) is 10.4. The molecule has 1 fully saturated rings. The van der Waals surface area contributed by atoms with E-state index in [2.05, 4.69) is 15.2 Å². The molecule has 0 saturated heterocycles. The van der Waals surface area contributed by atoms with Gasteiger partial charge in [-0.1, -0.05) is 29.3 Å². The molecule has 5 rings (SSSR count). The van der Waals surface area contributed by atoms with E-state index < -0.39 is 11.7 Å². The molecule has 190 valence electrons. The highest BCUT2D eigenvalue weighted by molar-refractivity contribution is 6.34. The number of amides is 1. The minimum Gasteiger partial charge on any atom is -0.490 e. The molecule has 0 spiro atoms. The molecule has 0 bridgehead atoms. The van der Waals surface area contributed by atoms with Crippen molar-refractivity contribution >= 4 is 46.8 Å². The van der Waals surface area contributed by atoms with Gasteiger partial charge in [0.1, 0.15) is 11.4 Å². The molecule has 1 saturated carbocycles. The normalized spacial score (nSPS) is 21.6. The van der Waals surface area contributed by atoms with Gasteiger partial charge in [-0.3, -0.25) is 4.90 Å². The summed E-state index contributed by atoms with van der Waals surface area (Å²) in [6, 6.07) is 7.53. The summed E-state index contributed by atoms with van der Waals surface area (Å²) in [5.74, 6) is 1.05. The van der Waals surface area contributed by atoms with E-state index >= 15 is 0 Å². The number of H-pyrrole nitrogens is 1. The molecule has 1 aromatic carbocycles. The van der Waals surface area contributed by atoms with Crippen LogP contribution in [-0.2, 0) is 11.3 Å². The number of halogens is 2. The van der Waals surface area contributed by atoms with Gasteiger partial charge >= 0.3 is 6.09 Å². The van der Waals surface area contributed by atoms with E-state index in [1.54, 1.807) is 4.90 Å². The third-order valence-corrected chi connectivity index (χ3v) is 7.06. The van der Waals surface area contributed by atoms with Crippen LogP contribution in [0.1, 0.15) is 52.0 Å². The van der Waals surface area contributed by atoms with Crippen molar-refractivity contribution in [1.82, 2.24) is 4.98 Å². The van der Waals surface area contributed by atoms with Gasteiger partial charge < -0.3 is 14.5 Å². The summed E-state index contributed by atoms with van der Waals surface area (Å²) in [7, 11) is 0. The summed E-state index contributed by atoms with van der Waals surface area (Å²) in [4.78, 5) is 18.3. The van der Waals surface area contributed by atoms with Crippen molar-refractivity contribution in [2.75, 3.05) is 11.4 Å². The number of anilines is 1. The first-order chi connectivity index (χ1) is 17.2. The number of allylic oxidation sites excluding steroid dienone is 1. The van der Waals surface area contributed by atoms with Crippen LogP contribution < -0.4 is 20.3 Å². The maximum absolute atomic E-state index is 13.1. The molecule has 3 aliphatic rings. The molecule has 0 radical (unpaired) electrons. The van der Waals surface area contributed by atoms with E-state index in [9.17, 15) is 4.79 Å². The standard InChI is InChI=1S/C27H30Cl2N4O3/c1-27(2,3)36-26(34)33-12-11-18(29)14-22-25(33)21-15-30-32-23(24(21)31-22)16-7-9-19(10-8-16)35-20-6-4-5-17(28)13-20/h4-6,11,13-14,16,19,31H,7-10,12,15H2,1-3H3/t16-,19-. The zero-order valence-electron chi connectivity index (χ0n) is 20.7. The molecule has 2 aliphatic heterocycles. The molecular weight excluding hydrogens is 499 g/mol. The third kappa shape index (κ3) is 5.32. The topological polar surface area (TPSA) is 79.3 Å². The van der Waals surface area contributed by atoms with Gasteiger partial charge in [-0.25, -0.2) is 4.79 Å². The summed E-state index contributed by atoms with van der Waals surface area (Å²) in [5, 5.41) is 12.0. The number of aromatic nitrogens is 1.